The molecule has 0 radical (unpaired) electrons. The predicted molar refractivity (Wildman–Crippen MR) is 116 cm³/mol. The summed E-state index contributed by atoms with van der Waals surface area (Å²) in [5.41, 5.74) is 0.781. The lowest BCUT2D eigenvalue weighted by atomic mass is 9.78. The molecule has 2 N–H and O–H groups in total. The van der Waals surface area contributed by atoms with Crippen molar-refractivity contribution in [3.8, 4) is 0 Å². The van der Waals surface area contributed by atoms with E-state index in [-0.39, 0.29) is 24.5 Å². The minimum absolute atomic E-state index is 0.0944. The van der Waals surface area contributed by atoms with Crippen molar-refractivity contribution < 1.29 is 23.5 Å². The van der Waals surface area contributed by atoms with Crippen molar-refractivity contribution in [2.75, 3.05) is 23.8 Å². The number of anilines is 2. The third kappa shape index (κ3) is 3.01. The maximum absolute atomic E-state index is 14.2. The van der Waals surface area contributed by atoms with Crippen molar-refractivity contribution >= 4 is 29.2 Å². The summed E-state index contributed by atoms with van der Waals surface area (Å²) in [6, 6.07) is 10.8. The summed E-state index contributed by atoms with van der Waals surface area (Å²) in [5, 5.41) is 5.77. The van der Waals surface area contributed by atoms with Gasteiger partial charge in [-0.3, -0.25) is 14.5 Å². The van der Waals surface area contributed by atoms with E-state index in [0.29, 0.717) is 35.5 Å². The number of ether oxygens (including phenoxy) is 1. The molecule has 2 fully saturated rings. The minimum atomic E-state index is -1.21. The zero-order valence-electron chi connectivity index (χ0n) is 17.7. The highest BCUT2D eigenvalue weighted by Gasteiger charge is 2.65. The zero-order chi connectivity index (χ0) is 22.5. The molecule has 0 aliphatic carbocycles. The summed E-state index contributed by atoms with van der Waals surface area (Å²) in [4.78, 5) is 40.8. The van der Waals surface area contributed by atoms with Crippen molar-refractivity contribution in [3.05, 3.63) is 59.4 Å². The van der Waals surface area contributed by atoms with Crippen molar-refractivity contribution in [1.29, 1.82) is 0 Å². The van der Waals surface area contributed by atoms with Crippen LogP contribution in [0.25, 0.3) is 0 Å². The van der Waals surface area contributed by atoms with E-state index in [1.54, 1.807) is 37.3 Å². The van der Waals surface area contributed by atoms with Gasteiger partial charge in [0, 0.05) is 23.0 Å². The summed E-state index contributed by atoms with van der Waals surface area (Å²) in [6.07, 6.45) is 2.36. The van der Waals surface area contributed by atoms with Crippen molar-refractivity contribution in [3.63, 3.8) is 0 Å². The molecule has 8 heteroatoms. The number of esters is 1. The van der Waals surface area contributed by atoms with Crippen LogP contribution < -0.4 is 10.6 Å². The number of hydrogen-bond acceptors (Lipinski definition) is 5. The lowest BCUT2D eigenvalue weighted by Gasteiger charge is -2.36. The SMILES string of the molecule is CCOC(=O)c1ccc(NC(=O)[C@@H]2C[C@@H]3CCCN3[C@]23C(=O)Nc2ccc(F)cc23)cc1. The first-order valence-corrected chi connectivity index (χ1v) is 10.9. The van der Waals surface area contributed by atoms with Crippen LogP contribution in [-0.2, 0) is 19.9 Å². The van der Waals surface area contributed by atoms with E-state index in [2.05, 4.69) is 15.5 Å². The monoisotopic (exact) mass is 437 g/mol. The van der Waals surface area contributed by atoms with Gasteiger partial charge >= 0.3 is 5.97 Å². The molecule has 0 bridgehead atoms. The van der Waals surface area contributed by atoms with Crippen LogP contribution in [0.4, 0.5) is 15.8 Å². The van der Waals surface area contributed by atoms with Gasteiger partial charge in [-0.05, 0) is 75.2 Å². The Morgan fingerprint density at radius 2 is 2.03 bits per heavy atom. The lowest BCUT2D eigenvalue weighted by Crippen LogP contribution is -2.53. The van der Waals surface area contributed by atoms with Crippen LogP contribution in [0.1, 0.15) is 42.1 Å². The molecule has 7 nitrogen and oxygen atoms in total. The van der Waals surface area contributed by atoms with E-state index in [0.717, 1.165) is 12.8 Å². The molecule has 2 aromatic carbocycles. The zero-order valence-corrected chi connectivity index (χ0v) is 17.7. The molecule has 32 heavy (non-hydrogen) atoms. The topological polar surface area (TPSA) is 87.7 Å². The van der Waals surface area contributed by atoms with Crippen LogP contribution >= 0.6 is 0 Å². The first-order valence-electron chi connectivity index (χ1n) is 10.9. The highest BCUT2D eigenvalue weighted by atomic mass is 19.1. The van der Waals surface area contributed by atoms with Gasteiger partial charge in [-0.25, -0.2) is 9.18 Å². The maximum atomic E-state index is 14.2. The molecule has 0 unspecified atom stereocenters. The minimum Gasteiger partial charge on any atom is -0.462 e. The molecule has 2 aromatic rings. The Kier molecular flexibility index (Phi) is 4.97. The van der Waals surface area contributed by atoms with Crippen molar-refractivity contribution in [1.82, 2.24) is 4.90 Å². The Hall–Kier alpha value is -3.26. The largest absolute Gasteiger partial charge is 0.462 e. The smallest absolute Gasteiger partial charge is 0.338 e. The van der Waals surface area contributed by atoms with Gasteiger partial charge < -0.3 is 15.4 Å². The molecule has 5 rings (SSSR count). The molecule has 166 valence electrons. The van der Waals surface area contributed by atoms with Crippen LogP contribution in [0, 0.1) is 11.7 Å². The molecular weight excluding hydrogens is 413 g/mol. The summed E-state index contributed by atoms with van der Waals surface area (Å²) in [6.45, 7) is 2.70. The number of rotatable bonds is 4. The summed E-state index contributed by atoms with van der Waals surface area (Å²) in [7, 11) is 0. The number of fused-ring (bicyclic) bond motifs is 4. The average molecular weight is 437 g/mol. The van der Waals surface area contributed by atoms with Crippen LogP contribution in [0.15, 0.2) is 42.5 Å². The molecule has 1 spiro atoms. The standard InChI is InChI=1S/C24H24FN3O4/c1-2-32-22(30)14-5-8-16(9-6-14)26-21(29)19-13-17-4-3-11-28(17)24(19)18-12-15(25)7-10-20(18)27-23(24)31/h5-10,12,17,19H,2-4,11,13H2,1H3,(H,26,29)(H,27,31)/t17-,19-,24-/m0/s1. The van der Waals surface area contributed by atoms with Gasteiger partial charge in [0.25, 0.3) is 0 Å². The number of benzene rings is 2. The second-order valence-electron chi connectivity index (χ2n) is 8.48. The fourth-order valence-electron chi connectivity index (χ4n) is 5.53. The van der Waals surface area contributed by atoms with Crippen LogP contribution in [0.2, 0.25) is 0 Å². The number of nitrogens with one attached hydrogen (secondary N) is 2. The van der Waals surface area contributed by atoms with Gasteiger partial charge in [0.2, 0.25) is 11.8 Å². The molecule has 3 heterocycles. The Morgan fingerprint density at radius 3 is 2.78 bits per heavy atom. The van der Waals surface area contributed by atoms with E-state index >= 15 is 0 Å². The Morgan fingerprint density at radius 1 is 1.25 bits per heavy atom. The van der Waals surface area contributed by atoms with Crippen molar-refractivity contribution in [2.24, 2.45) is 5.92 Å². The van der Waals surface area contributed by atoms with E-state index in [4.69, 9.17) is 4.74 Å². The van der Waals surface area contributed by atoms with Gasteiger partial charge in [-0.2, -0.15) is 0 Å². The molecule has 0 saturated carbocycles. The molecule has 3 atom stereocenters. The second kappa shape index (κ2) is 7.70. The van der Waals surface area contributed by atoms with Gasteiger partial charge in [0.05, 0.1) is 18.1 Å². The van der Waals surface area contributed by atoms with E-state index < -0.39 is 23.2 Å². The number of carbonyl (C=O) groups is 3. The third-order valence-electron chi connectivity index (χ3n) is 6.81. The van der Waals surface area contributed by atoms with Gasteiger partial charge in [0.1, 0.15) is 11.4 Å². The summed E-state index contributed by atoms with van der Waals surface area (Å²) < 4.78 is 19.2. The molecule has 3 aliphatic heterocycles. The first-order chi connectivity index (χ1) is 15.4. The molecule has 2 saturated heterocycles. The van der Waals surface area contributed by atoms with Crippen LogP contribution in [-0.4, -0.2) is 41.9 Å². The molecule has 2 amide bonds. The fourth-order valence-corrected chi connectivity index (χ4v) is 5.53. The molecule has 0 aromatic heterocycles. The Labute approximate surface area is 184 Å². The van der Waals surface area contributed by atoms with E-state index in [9.17, 15) is 18.8 Å². The number of amides is 2. The number of carbonyl (C=O) groups excluding carboxylic acids is 3. The second-order valence-corrected chi connectivity index (χ2v) is 8.48. The number of nitrogens with zero attached hydrogens (tertiary/aromatic N) is 1. The van der Waals surface area contributed by atoms with Crippen LogP contribution in [0.3, 0.4) is 0 Å². The number of halogens is 1. The Balaban J connectivity index is 1.47. The summed E-state index contributed by atoms with van der Waals surface area (Å²) >= 11 is 0. The van der Waals surface area contributed by atoms with E-state index in [1.807, 2.05) is 0 Å². The first kappa shape index (κ1) is 20.6. The lowest BCUT2D eigenvalue weighted by molar-refractivity contribution is -0.135. The van der Waals surface area contributed by atoms with Gasteiger partial charge in [0.15, 0.2) is 0 Å². The fraction of sp³-hybridized carbons (Fsp3) is 0.375. The highest BCUT2D eigenvalue weighted by Crippen LogP contribution is 2.55. The molecular formula is C24H24FN3O4. The predicted octanol–water partition coefficient (Wildman–Crippen LogP) is 3.27. The van der Waals surface area contributed by atoms with Crippen LogP contribution in [0.5, 0.6) is 0 Å². The average Bonchev–Trinajstić information content (AvgIpc) is 3.43. The number of hydrogen-bond donors (Lipinski definition) is 2. The normalized spacial score (nSPS) is 26.0. The van der Waals surface area contributed by atoms with Gasteiger partial charge in [-0.1, -0.05) is 0 Å². The third-order valence-corrected chi connectivity index (χ3v) is 6.81. The maximum Gasteiger partial charge on any atom is 0.338 e. The quantitative estimate of drug-likeness (QED) is 0.717. The Bertz CT molecular complexity index is 1100. The van der Waals surface area contributed by atoms with Crippen molar-refractivity contribution in [2.45, 2.75) is 37.8 Å². The van der Waals surface area contributed by atoms with Gasteiger partial charge in [-0.15, -0.1) is 0 Å². The summed E-state index contributed by atoms with van der Waals surface area (Å²) in [5.74, 6) is -2.10. The highest BCUT2D eigenvalue weighted by molar-refractivity contribution is 6.10. The molecule has 3 aliphatic rings. The van der Waals surface area contributed by atoms with E-state index in [1.165, 1.54) is 12.1 Å².